The highest BCUT2D eigenvalue weighted by atomic mass is 32.2. The quantitative estimate of drug-likeness (QED) is 0.637. The summed E-state index contributed by atoms with van der Waals surface area (Å²) >= 11 is 2.94. The van der Waals surface area contributed by atoms with Gasteiger partial charge in [0.25, 0.3) is 0 Å². The van der Waals surface area contributed by atoms with E-state index in [1.54, 1.807) is 18.0 Å². The fourth-order valence-electron chi connectivity index (χ4n) is 4.53. The molecule has 0 aromatic carbocycles. The summed E-state index contributed by atoms with van der Waals surface area (Å²) in [7, 11) is 1.90. The van der Waals surface area contributed by atoms with Gasteiger partial charge in [0.2, 0.25) is 17.7 Å². The summed E-state index contributed by atoms with van der Waals surface area (Å²) in [5.41, 5.74) is 0.773. The Morgan fingerprint density at radius 1 is 1.29 bits per heavy atom. The number of aromatic nitrogens is 3. The van der Waals surface area contributed by atoms with Gasteiger partial charge in [-0.15, -0.1) is 0 Å². The Labute approximate surface area is 189 Å². The maximum Gasteiger partial charge on any atom is 0.249 e. The molecule has 166 valence electrons. The zero-order chi connectivity index (χ0) is 22.1. The van der Waals surface area contributed by atoms with Gasteiger partial charge in [0.05, 0.1) is 22.4 Å². The predicted octanol–water partition coefficient (Wildman–Crippen LogP) is 3.09. The highest BCUT2D eigenvalue weighted by molar-refractivity contribution is 7.98. The van der Waals surface area contributed by atoms with Gasteiger partial charge in [-0.3, -0.25) is 19.3 Å². The SMILES string of the molecule is CSCCC(C(=O)Nc1nc(C)c(-c2nccn2C)s1)N1C(=O)C2CCCCC2C1=O. The molecule has 1 saturated heterocycles. The van der Waals surface area contributed by atoms with Crippen molar-refractivity contribution in [2.24, 2.45) is 18.9 Å². The molecule has 8 nitrogen and oxygen atoms in total. The van der Waals surface area contributed by atoms with Crippen LogP contribution in [0.2, 0.25) is 0 Å². The molecule has 2 aliphatic rings. The minimum Gasteiger partial charge on any atom is -0.333 e. The van der Waals surface area contributed by atoms with Gasteiger partial charge in [0, 0.05) is 19.4 Å². The first-order valence-electron chi connectivity index (χ1n) is 10.5. The van der Waals surface area contributed by atoms with Crippen LogP contribution < -0.4 is 5.32 Å². The summed E-state index contributed by atoms with van der Waals surface area (Å²) in [5, 5.41) is 3.32. The largest absolute Gasteiger partial charge is 0.333 e. The molecule has 0 bridgehead atoms. The molecule has 2 fully saturated rings. The van der Waals surface area contributed by atoms with E-state index in [9.17, 15) is 14.4 Å². The Morgan fingerprint density at radius 2 is 1.97 bits per heavy atom. The van der Waals surface area contributed by atoms with Crippen LogP contribution >= 0.6 is 23.1 Å². The van der Waals surface area contributed by atoms with Crippen molar-refractivity contribution < 1.29 is 14.4 Å². The van der Waals surface area contributed by atoms with Gasteiger partial charge in [-0.2, -0.15) is 11.8 Å². The fraction of sp³-hybridized carbons (Fsp3) is 0.571. The standard InChI is InChI=1S/C21H27N5O3S2/c1-12-16(17-22-9-10-25(17)2)31-21(23-12)24-18(27)15(8-11-30-3)26-19(28)13-6-4-5-7-14(13)20(26)29/h9-10,13-15H,4-8,11H2,1-3H3,(H,23,24,27). The summed E-state index contributed by atoms with van der Waals surface area (Å²) in [5.74, 6) is 0.226. The summed E-state index contributed by atoms with van der Waals surface area (Å²) in [6, 6.07) is -0.807. The van der Waals surface area contributed by atoms with Crippen LogP contribution in [0.4, 0.5) is 5.13 Å². The third-order valence-corrected chi connectivity index (χ3v) is 7.85. The van der Waals surface area contributed by atoms with Crippen LogP contribution in [-0.4, -0.2) is 55.2 Å². The number of imide groups is 1. The lowest BCUT2D eigenvalue weighted by molar-refractivity contribution is -0.146. The number of carbonyl (C=O) groups is 3. The summed E-state index contributed by atoms with van der Waals surface area (Å²) in [6.45, 7) is 1.87. The highest BCUT2D eigenvalue weighted by Crippen LogP contribution is 2.39. The normalized spacial score (nSPS) is 22.0. The molecule has 4 rings (SSSR count). The number of amides is 3. The van der Waals surface area contributed by atoms with E-state index >= 15 is 0 Å². The van der Waals surface area contributed by atoms with Gasteiger partial charge in [0.1, 0.15) is 6.04 Å². The number of nitrogens with one attached hydrogen (secondary N) is 1. The van der Waals surface area contributed by atoms with Gasteiger partial charge in [-0.1, -0.05) is 24.2 Å². The summed E-state index contributed by atoms with van der Waals surface area (Å²) in [6.07, 6.45) is 9.35. The molecule has 1 aliphatic carbocycles. The second-order valence-electron chi connectivity index (χ2n) is 8.13. The maximum absolute atomic E-state index is 13.3. The number of thiazole rings is 1. The van der Waals surface area contributed by atoms with Gasteiger partial charge in [0.15, 0.2) is 11.0 Å². The fourth-order valence-corrected chi connectivity index (χ4v) is 6.00. The van der Waals surface area contributed by atoms with E-state index in [0.717, 1.165) is 42.1 Å². The number of fused-ring (bicyclic) bond motifs is 1. The lowest BCUT2D eigenvalue weighted by Gasteiger charge is -2.25. The number of anilines is 1. The molecule has 3 unspecified atom stereocenters. The van der Waals surface area contributed by atoms with Crippen molar-refractivity contribution in [1.82, 2.24) is 19.4 Å². The van der Waals surface area contributed by atoms with E-state index in [4.69, 9.17) is 0 Å². The molecule has 3 atom stereocenters. The first-order chi connectivity index (χ1) is 14.9. The summed E-state index contributed by atoms with van der Waals surface area (Å²) in [4.78, 5) is 50.4. The van der Waals surface area contributed by atoms with Crippen molar-refractivity contribution in [3.63, 3.8) is 0 Å². The van der Waals surface area contributed by atoms with Crippen molar-refractivity contribution in [2.45, 2.75) is 45.1 Å². The second kappa shape index (κ2) is 9.12. The van der Waals surface area contributed by atoms with E-state index < -0.39 is 6.04 Å². The number of likely N-dealkylation sites (tertiary alicyclic amines) is 1. The molecule has 3 heterocycles. The molecule has 0 radical (unpaired) electrons. The van der Waals surface area contributed by atoms with Crippen LogP contribution in [0, 0.1) is 18.8 Å². The van der Waals surface area contributed by atoms with Crippen LogP contribution in [-0.2, 0) is 21.4 Å². The highest BCUT2D eigenvalue weighted by Gasteiger charge is 2.51. The van der Waals surface area contributed by atoms with E-state index in [1.165, 1.54) is 16.2 Å². The Bertz CT molecular complexity index is 977. The average molecular weight is 462 g/mol. The summed E-state index contributed by atoms with van der Waals surface area (Å²) < 4.78 is 1.90. The van der Waals surface area contributed by atoms with Crippen LogP contribution in [0.1, 0.15) is 37.8 Å². The molecule has 0 spiro atoms. The molecular weight excluding hydrogens is 434 g/mol. The molecule has 2 aromatic rings. The molecule has 2 aromatic heterocycles. The Kier molecular flexibility index (Phi) is 6.47. The zero-order valence-electron chi connectivity index (χ0n) is 18.0. The van der Waals surface area contributed by atoms with Gasteiger partial charge in [-0.25, -0.2) is 9.97 Å². The van der Waals surface area contributed by atoms with E-state index in [1.807, 2.05) is 31.0 Å². The number of imidazole rings is 1. The van der Waals surface area contributed by atoms with Crippen molar-refractivity contribution in [3.8, 4) is 10.7 Å². The van der Waals surface area contributed by atoms with Gasteiger partial charge < -0.3 is 9.88 Å². The number of nitrogens with zero attached hydrogens (tertiary/aromatic N) is 4. The minimum absolute atomic E-state index is 0.181. The van der Waals surface area contributed by atoms with Crippen molar-refractivity contribution in [1.29, 1.82) is 0 Å². The Hall–Kier alpha value is -2.20. The number of aryl methyl sites for hydroxylation is 2. The first-order valence-corrected chi connectivity index (χ1v) is 12.7. The number of rotatable bonds is 7. The third kappa shape index (κ3) is 4.15. The lowest BCUT2D eigenvalue weighted by Crippen LogP contribution is -2.48. The Morgan fingerprint density at radius 3 is 2.55 bits per heavy atom. The average Bonchev–Trinajstić information content (AvgIpc) is 3.40. The van der Waals surface area contributed by atoms with Crippen LogP contribution in [0.15, 0.2) is 12.4 Å². The number of hydrogen-bond acceptors (Lipinski definition) is 7. The van der Waals surface area contributed by atoms with Gasteiger partial charge in [-0.05, 0) is 38.2 Å². The van der Waals surface area contributed by atoms with Crippen molar-refractivity contribution >= 4 is 46.0 Å². The minimum atomic E-state index is -0.807. The van der Waals surface area contributed by atoms with Crippen LogP contribution in [0.3, 0.4) is 0 Å². The second-order valence-corrected chi connectivity index (χ2v) is 10.1. The van der Waals surface area contributed by atoms with Gasteiger partial charge >= 0.3 is 0 Å². The predicted molar refractivity (Wildman–Crippen MR) is 122 cm³/mol. The molecule has 3 amide bonds. The molecule has 1 saturated carbocycles. The first kappa shape index (κ1) is 22.0. The van der Waals surface area contributed by atoms with E-state index in [2.05, 4.69) is 15.3 Å². The van der Waals surface area contributed by atoms with Crippen molar-refractivity contribution in [2.75, 3.05) is 17.3 Å². The van der Waals surface area contributed by atoms with Crippen molar-refractivity contribution in [3.05, 3.63) is 18.1 Å². The number of carbonyl (C=O) groups excluding carboxylic acids is 3. The molecule has 1 N–H and O–H groups in total. The van der Waals surface area contributed by atoms with Crippen LogP contribution in [0.25, 0.3) is 10.7 Å². The maximum atomic E-state index is 13.3. The lowest BCUT2D eigenvalue weighted by atomic mass is 9.81. The third-order valence-electron chi connectivity index (χ3n) is 6.14. The Balaban J connectivity index is 1.56. The zero-order valence-corrected chi connectivity index (χ0v) is 19.6. The smallest absolute Gasteiger partial charge is 0.249 e. The van der Waals surface area contributed by atoms with E-state index in [0.29, 0.717) is 17.3 Å². The molecule has 10 heteroatoms. The molecular formula is C21H27N5O3S2. The molecule has 1 aliphatic heterocycles. The van der Waals surface area contributed by atoms with E-state index in [-0.39, 0.29) is 29.6 Å². The van der Waals surface area contributed by atoms with Crippen LogP contribution in [0.5, 0.6) is 0 Å². The number of hydrogen-bond donors (Lipinski definition) is 1. The monoisotopic (exact) mass is 461 g/mol. The topological polar surface area (TPSA) is 97.2 Å². The molecule has 31 heavy (non-hydrogen) atoms. The number of thioether (sulfide) groups is 1.